The summed E-state index contributed by atoms with van der Waals surface area (Å²) in [6.45, 7) is 10.2. The van der Waals surface area contributed by atoms with Gasteiger partial charge in [-0.25, -0.2) is 4.79 Å². The van der Waals surface area contributed by atoms with Gasteiger partial charge in [-0.1, -0.05) is 71.4 Å². The number of hydrogen-bond acceptors (Lipinski definition) is 5. The molecule has 0 aliphatic carbocycles. The summed E-state index contributed by atoms with van der Waals surface area (Å²) in [5.41, 5.74) is 0.878. The molecule has 208 valence electrons. The third-order valence-corrected chi connectivity index (χ3v) is 5.94. The molecule has 9 heteroatoms. The second kappa shape index (κ2) is 16.7. The molecule has 9 nitrogen and oxygen atoms in total. The summed E-state index contributed by atoms with van der Waals surface area (Å²) >= 11 is 0. The van der Waals surface area contributed by atoms with Crippen molar-refractivity contribution in [1.29, 1.82) is 0 Å². The zero-order valence-electron chi connectivity index (χ0n) is 22.8. The molecule has 0 saturated heterocycles. The second-order valence-electron chi connectivity index (χ2n) is 10.6. The van der Waals surface area contributed by atoms with Gasteiger partial charge >= 0.3 is 5.97 Å². The number of nitrogens with one attached hydrogen (secondary N) is 3. The van der Waals surface area contributed by atoms with Gasteiger partial charge in [-0.3, -0.25) is 14.4 Å². The highest BCUT2D eigenvalue weighted by Crippen LogP contribution is 2.19. The SMILES string of the molecule is CCC[C@H](C[C@H](O)[C@H](Cc1ccccc1)NC(=O)C[C@H](NC(=O)CC(C)C)C(=O)O)C(=O)NCC(C)C. The first-order valence-corrected chi connectivity index (χ1v) is 13.2. The number of rotatable bonds is 17. The van der Waals surface area contributed by atoms with E-state index in [0.717, 1.165) is 12.0 Å². The predicted molar refractivity (Wildman–Crippen MR) is 143 cm³/mol. The van der Waals surface area contributed by atoms with Gasteiger partial charge in [-0.15, -0.1) is 0 Å². The minimum atomic E-state index is -1.38. The van der Waals surface area contributed by atoms with Crippen LogP contribution in [0.3, 0.4) is 0 Å². The molecule has 0 aromatic heterocycles. The fourth-order valence-corrected chi connectivity index (χ4v) is 4.04. The quantitative estimate of drug-likeness (QED) is 0.214. The molecular formula is C28H45N3O6. The Morgan fingerprint density at radius 1 is 0.892 bits per heavy atom. The Balaban J connectivity index is 2.99. The van der Waals surface area contributed by atoms with Crippen molar-refractivity contribution in [3.8, 4) is 0 Å². The van der Waals surface area contributed by atoms with Crippen LogP contribution in [0.5, 0.6) is 0 Å². The van der Waals surface area contributed by atoms with Crippen molar-refractivity contribution in [2.45, 2.75) is 91.3 Å². The van der Waals surface area contributed by atoms with E-state index < -0.39 is 48.3 Å². The molecule has 37 heavy (non-hydrogen) atoms. The van der Waals surface area contributed by atoms with E-state index in [0.29, 0.717) is 25.3 Å². The molecule has 0 unspecified atom stereocenters. The normalized spacial score (nSPS) is 14.5. The lowest BCUT2D eigenvalue weighted by Crippen LogP contribution is -2.50. The summed E-state index contributed by atoms with van der Waals surface area (Å²) in [5, 5.41) is 28.8. The third-order valence-electron chi connectivity index (χ3n) is 5.94. The fraction of sp³-hybridized carbons (Fsp3) is 0.643. The molecule has 5 N–H and O–H groups in total. The molecule has 0 aliphatic rings. The van der Waals surface area contributed by atoms with Gasteiger partial charge < -0.3 is 26.2 Å². The molecule has 0 bridgehead atoms. The van der Waals surface area contributed by atoms with Gasteiger partial charge in [-0.05, 0) is 36.7 Å². The lowest BCUT2D eigenvalue weighted by atomic mass is 9.90. The summed E-state index contributed by atoms with van der Waals surface area (Å²) in [7, 11) is 0. The Morgan fingerprint density at radius 2 is 1.51 bits per heavy atom. The Labute approximate surface area is 220 Å². The zero-order chi connectivity index (χ0) is 28.0. The molecular weight excluding hydrogens is 474 g/mol. The Bertz CT molecular complexity index is 859. The Kier molecular flexibility index (Phi) is 14.5. The highest BCUT2D eigenvalue weighted by Gasteiger charge is 2.30. The first-order valence-electron chi connectivity index (χ1n) is 13.2. The highest BCUT2D eigenvalue weighted by molar-refractivity contribution is 5.88. The van der Waals surface area contributed by atoms with Gasteiger partial charge in [0.1, 0.15) is 6.04 Å². The Hall–Kier alpha value is -2.94. The standard InChI is InChI=1S/C28H45N3O6/c1-6-10-21(27(35)29-17-19(4)5)15-24(32)22(14-20-11-8-7-9-12-20)30-26(34)16-23(28(36)37)31-25(33)13-18(2)3/h7-9,11-12,18-19,21-24,32H,6,10,13-17H2,1-5H3,(H,29,35)(H,30,34)(H,31,33)(H,36,37)/t21-,22+,23+,24+/m1/s1. The molecule has 0 spiro atoms. The number of carboxylic acids is 1. The largest absolute Gasteiger partial charge is 0.480 e. The molecule has 3 amide bonds. The third kappa shape index (κ3) is 13.3. The van der Waals surface area contributed by atoms with Gasteiger partial charge in [0.15, 0.2) is 0 Å². The predicted octanol–water partition coefficient (Wildman–Crippen LogP) is 2.66. The van der Waals surface area contributed by atoms with Gasteiger partial charge in [-0.2, -0.15) is 0 Å². The molecule has 1 aromatic carbocycles. The molecule has 0 saturated carbocycles. The maximum atomic E-state index is 12.9. The van der Waals surface area contributed by atoms with Crippen LogP contribution in [0.25, 0.3) is 0 Å². The summed E-state index contributed by atoms with van der Waals surface area (Å²) in [6, 6.07) is 7.19. The number of benzene rings is 1. The van der Waals surface area contributed by atoms with E-state index in [1.165, 1.54) is 0 Å². The summed E-state index contributed by atoms with van der Waals surface area (Å²) in [5.74, 6) is -2.56. The molecule has 0 heterocycles. The summed E-state index contributed by atoms with van der Waals surface area (Å²) in [6.07, 6.45) is 0.460. The molecule has 0 radical (unpaired) electrons. The number of carbonyl (C=O) groups excluding carboxylic acids is 3. The molecule has 0 aliphatic heterocycles. The average molecular weight is 520 g/mol. The van der Waals surface area contributed by atoms with Crippen LogP contribution in [0.1, 0.15) is 72.3 Å². The number of amides is 3. The number of aliphatic hydroxyl groups is 1. The highest BCUT2D eigenvalue weighted by atomic mass is 16.4. The van der Waals surface area contributed by atoms with Crippen molar-refractivity contribution in [3.63, 3.8) is 0 Å². The lowest BCUT2D eigenvalue weighted by molar-refractivity contribution is -0.143. The van der Waals surface area contributed by atoms with Crippen molar-refractivity contribution >= 4 is 23.7 Å². The monoisotopic (exact) mass is 519 g/mol. The maximum Gasteiger partial charge on any atom is 0.326 e. The van der Waals surface area contributed by atoms with Crippen molar-refractivity contribution in [1.82, 2.24) is 16.0 Å². The molecule has 4 atom stereocenters. The van der Waals surface area contributed by atoms with Crippen LogP contribution in [0.2, 0.25) is 0 Å². The van der Waals surface area contributed by atoms with E-state index in [9.17, 15) is 29.4 Å². The topological polar surface area (TPSA) is 145 Å². The van der Waals surface area contributed by atoms with Crippen molar-refractivity contribution < 1.29 is 29.4 Å². The van der Waals surface area contributed by atoms with Crippen molar-refractivity contribution in [3.05, 3.63) is 35.9 Å². The summed E-state index contributed by atoms with van der Waals surface area (Å²) < 4.78 is 0. The van der Waals surface area contributed by atoms with Gasteiger partial charge in [0, 0.05) is 18.9 Å². The van der Waals surface area contributed by atoms with Gasteiger partial charge in [0.05, 0.1) is 18.6 Å². The molecule has 1 rings (SSSR count). The lowest BCUT2D eigenvalue weighted by Gasteiger charge is -2.28. The maximum absolute atomic E-state index is 12.9. The number of aliphatic carboxylic acids is 1. The second-order valence-corrected chi connectivity index (χ2v) is 10.6. The van der Waals surface area contributed by atoms with Crippen LogP contribution in [-0.4, -0.2) is 58.6 Å². The van der Waals surface area contributed by atoms with Crippen molar-refractivity contribution in [2.24, 2.45) is 17.8 Å². The molecule has 1 aromatic rings. The van der Waals surface area contributed by atoms with Crippen LogP contribution in [0.4, 0.5) is 0 Å². The minimum absolute atomic E-state index is 0.0440. The van der Waals surface area contributed by atoms with Gasteiger partial charge in [0.25, 0.3) is 0 Å². The van der Waals surface area contributed by atoms with Crippen molar-refractivity contribution in [2.75, 3.05) is 6.54 Å². The first-order chi connectivity index (χ1) is 17.4. The number of aliphatic hydroxyl groups excluding tert-OH is 1. The number of carboxylic acid groups (broad SMARTS) is 1. The van der Waals surface area contributed by atoms with Crippen LogP contribution in [-0.2, 0) is 25.6 Å². The van der Waals surface area contributed by atoms with E-state index in [4.69, 9.17) is 0 Å². The van der Waals surface area contributed by atoms with E-state index in [1.807, 2.05) is 65.0 Å². The van der Waals surface area contributed by atoms with Crippen LogP contribution in [0, 0.1) is 17.8 Å². The smallest absolute Gasteiger partial charge is 0.326 e. The van der Waals surface area contributed by atoms with E-state index in [1.54, 1.807) is 0 Å². The van der Waals surface area contributed by atoms with Gasteiger partial charge in [0.2, 0.25) is 17.7 Å². The number of hydrogen-bond donors (Lipinski definition) is 5. The zero-order valence-corrected chi connectivity index (χ0v) is 22.8. The van der Waals surface area contributed by atoms with E-state index in [-0.39, 0.29) is 24.7 Å². The fourth-order valence-electron chi connectivity index (χ4n) is 4.04. The Morgan fingerprint density at radius 3 is 2.05 bits per heavy atom. The molecule has 0 fully saturated rings. The first kappa shape index (κ1) is 32.1. The van der Waals surface area contributed by atoms with Crippen LogP contribution >= 0.6 is 0 Å². The van der Waals surface area contributed by atoms with Crippen LogP contribution in [0.15, 0.2) is 30.3 Å². The minimum Gasteiger partial charge on any atom is -0.480 e. The average Bonchev–Trinajstić information content (AvgIpc) is 2.81. The number of carbonyl (C=O) groups is 4. The van der Waals surface area contributed by atoms with E-state index >= 15 is 0 Å². The summed E-state index contributed by atoms with van der Waals surface area (Å²) in [4.78, 5) is 49.4. The van der Waals surface area contributed by atoms with Crippen LogP contribution < -0.4 is 16.0 Å². The van der Waals surface area contributed by atoms with E-state index in [2.05, 4.69) is 16.0 Å².